The molecule has 0 atom stereocenters. The third-order valence-corrected chi connectivity index (χ3v) is 3.45. The number of hydrogen-bond donors (Lipinski definition) is 1. The van der Waals surface area contributed by atoms with Crippen LogP contribution in [0.4, 0.5) is 19.1 Å². The van der Waals surface area contributed by atoms with E-state index in [1.807, 2.05) is 6.92 Å². The number of nitrogens with one attached hydrogen (secondary N) is 1. The maximum atomic E-state index is 12.7. The minimum Gasteiger partial charge on any atom is -0.295 e. The number of fused-ring (bicyclic) bond motifs is 1. The maximum absolute atomic E-state index is 12.7. The number of aryl methyl sites for hydroxylation is 1. The number of rotatable bonds is 4. The van der Waals surface area contributed by atoms with Gasteiger partial charge in [0.1, 0.15) is 16.9 Å². The molecule has 0 fully saturated rings. The van der Waals surface area contributed by atoms with Gasteiger partial charge in [-0.15, -0.1) is 0 Å². The van der Waals surface area contributed by atoms with Gasteiger partial charge in [0.25, 0.3) is 5.91 Å². The van der Waals surface area contributed by atoms with E-state index in [-0.39, 0.29) is 11.6 Å². The second-order valence-electron chi connectivity index (χ2n) is 5.29. The molecule has 1 N–H and O–H groups in total. The van der Waals surface area contributed by atoms with Crippen LogP contribution in [0.5, 0.6) is 0 Å². The number of carbonyl (C=O) groups is 1. The highest BCUT2D eigenvalue weighted by Gasteiger charge is 2.33. The number of imidazole rings is 1. The first-order valence-electron chi connectivity index (χ1n) is 7.57. The number of pyridine rings is 2. The largest absolute Gasteiger partial charge is 0.433 e. The summed E-state index contributed by atoms with van der Waals surface area (Å²) >= 11 is 0. The van der Waals surface area contributed by atoms with Gasteiger partial charge in [0.15, 0.2) is 5.65 Å². The van der Waals surface area contributed by atoms with Gasteiger partial charge in [-0.1, -0.05) is 13.0 Å². The molecule has 0 spiro atoms. The van der Waals surface area contributed by atoms with E-state index in [9.17, 15) is 18.0 Å². The standard InChI is InChI=1S/C16H14F3N5O/c1-2-9-24-13-10(6-4-8-20-13)22-15(24)23-14(25)11-5-3-7-12(21-11)16(17,18)19/h3-8H,2,9H2,1H3,(H,22,23,25). The number of amides is 1. The number of halogens is 3. The Labute approximate surface area is 140 Å². The van der Waals surface area contributed by atoms with Crippen LogP contribution in [0, 0.1) is 0 Å². The molecule has 0 aliphatic rings. The summed E-state index contributed by atoms with van der Waals surface area (Å²) in [5, 5.41) is 2.52. The molecule has 0 aromatic carbocycles. The number of alkyl halides is 3. The fourth-order valence-corrected chi connectivity index (χ4v) is 2.37. The first kappa shape index (κ1) is 16.9. The molecule has 0 unspecified atom stereocenters. The molecule has 3 aromatic rings. The lowest BCUT2D eigenvalue weighted by molar-refractivity contribution is -0.141. The summed E-state index contributed by atoms with van der Waals surface area (Å²) < 4.78 is 39.9. The Morgan fingerprint density at radius 2 is 2.00 bits per heavy atom. The average molecular weight is 349 g/mol. The number of carbonyl (C=O) groups excluding carboxylic acids is 1. The zero-order valence-electron chi connectivity index (χ0n) is 13.2. The quantitative estimate of drug-likeness (QED) is 0.782. The number of hydrogen-bond acceptors (Lipinski definition) is 4. The second-order valence-corrected chi connectivity index (χ2v) is 5.29. The summed E-state index contributed by atoms with van der Waals surface area (Å²) in [6.45, 7) is 2.51. The van der Waals surface area contributed by atoms with Gasteiger partial charge in [-0.25, -0.2) is 15.0 Å². The smallest absolute Gasteiger partial charge is 0.295 e. The Balaban J connectivity index is 1.93. The first-order chi connectivity index (χ1) is 11.9. The van der Waals surface area contributed by atoms with Crippen molar-refractivity contribution in [3.8, 4) is 0 Å². The monoisotopic (exact) mass is 349 g/mol. The summed E-state index contributed by atoms with van der Waals surface area (Å²) in [5.41, 5.74) is -0.276. The summed E-state index contributed by atoms with van der Waals surface area (Å²) in [4.78, 5) is 24.2. The zero-order valence-corrected chi connectivity index (χ0v) is 13.2. The fourth-order valence-electron chi connectivity index (χ4n) is 2.37. The molecule has 0 saturated heterocycles. The van der Waals surface area contributed by atoms with Crippen LogP contribution in [0.1, 0.15) is 29.5 Å². The van der Waals surface area contributed by atoms with Crippen molar-refractivity contribution in [2.75, 3.05) is 5.32 Å². The van der Waals surface area contributed by atoms with Crippen LogP contribution in [-0.2, 0) is 12.7 Å². The Morgan fingerprint density at radius 1 is 1.20 bits per heavy atom. The SMILES string of the molecule is CCCn1c(NC(=O)c2cccc(C(F)(F)F)n2)nc2cccnc21. The third kappa shape index (κ3) is 3.44. The molecule has 0 aliphatic carbocycles. The van der Waals surface area contributed by atoms with E-state index in [0.29, 0.717) is 17.7 Å². The molecule has 0 radical (unpaired) electrons. The maximum Gasteiger partial charge on any atom is 0.433 e. The fraction of sp³-hybridized carbons (Fsp3) is 0.250. The molecule has 1 amide bonds. The topological polar surface area (TPSA) is 72.7 Å². The van der Waals surface area contributed by atoms with Crippen molar-refractivity contribution in [2.45, 2.75) is 26.1 Å². The minimum atomic E-state index is -4.62. The summed E-state index contributed by atoms with van der Waals surface area (Å²) in [6, 6.07) is 6.63. The summed E-state index contributed by atoms with van der Waals surface area (Å²) in [6.07, 6.45) is -2.24. The van der Waals surface area contributed by atoms with Crippen molar-refractivity contribution >= 4 is 23.0 Å². The molecule has 6 nitrogen and oxygen atoms in total. The molecule has 9 heteroatoms. The van der Waals surface area contributed by atoms with Crippen molar-refractivity contribution in [2.24, 2.45) is 0 Å². The predicted molar refractivity (Wildman–Crippen MR) is 85.0 cm³/mol. The Bertz CT molecular complexity index is 920. The van der Waals surface area contributed by atoms with Crippen LogP contribution in [0.2, 0.25) is 0 Å². The van der Waals surface area contributed by atoms with Crippen LogP contribution in [0.3, 0.4) is 0 Å². The van der Waals surface area contributed by atoms with E-state index in [2.05, 4.69) is 20.3 Å². The highest BCUT2D eigenvalue weighted by atomic mass is 19.4. The zero-order chi connectivity index (χ0) is 18.0. The summed E-state index contributed by atoms with van der Waals surface area (Å²) in [7, 11) is 0. The highest BCUT2D eigenvalue weighted by Crippen LogP contribution is 2.27. The molecule has 3 rings (SSSR count). The van der Waals surface area contributed by atoms with Gasteiger partial charge >= 0.3 is 6.18 Å². The lowest BCUT2D eigenvalue weighted by Gasteiger charge is -2.09. The lowest BCUT2D eigenvalue weighted by Crippen LogP contribution is -2.19. The predicted octanol–water partition coefficient (Wildman–Crippen LogP) is 3.51. The van der Waals surface area contributed by atoms with E-state index in [4.69, 9.17) is 0 Å². The number of nitrogens with zero attached hydrogens (tertiary/aromatic N) is 4. The van der Waals surface area contributed by atoms with Crippen LogP contribution < -0.4 is 5.32 Å². The number of anilines is 1. The van der Waals surface area contributed by atoms with Crippen LogP contribution in [0.25, 0.3) is 11.2 Å². The molecule has 25 heavy (non-hydrogen) atoms. The number of aromatic nitrogens is 4. The molecule has 0 saturated carbocycles. The molecule has 3 aromatic heterocycles. The van der Waals surface area contributed by atoms with Crippen LogP contribution in [0.15, 0.2) is 36.5 Å². The van der Waals surface area contributed by atoms with Crippen LogP contribution in [-0.4, -0.2) is 25.4 Å². The second kappa shape index (κ2) is 6.50. The van der Waals surface area contributed by atoms with E-state index in [1.165, 1.54) is 6.07 Å². The van der Waals surface area contributed by atoms with Crippen molar-refractivity contribution in [3.05, 3.63) is 47.9 Å². The molecule has 0 aliphatic heterocycles. The Morgan fingerprint density at radius 3 is 2.72 bits per heavy atom. The average Bonchev–Trinajstić information content (AvgIpc) is 2.92. The van der Waals surface area contributed by atoms with Gasteiger partial charge in [0, 0.05) is 12.7 Å². The molecule has 130 valence electrons. The van der Waals surface area contributed by atoms with Crippen molar-refractivity contribution < 1.29 is 18.0 Å². The van der Waals surface area contributed by atoms with E-state index in [1.54, 1.807) is 22.9 Å². The van der Waals surface area contributed by atoms with Gasteiger partial charge in [0.05, 0.1) is 0 Å². The lowest BCUT2D eigenvalue weighted by atomic mass is 10.3. The minimum absolute atomic E-state index is 0.222. The van der Waals surface area contributed by atoms with Crippen molar-refractivity contribution in [1.82, 2.24) is 19.5 Å². The van der Waals surface area contributed by atoms with Crippen LogP contribution >= 0.6 is 0 Å². The summed E-state index contributed by atoms with van der Waals surface area (Å²) in [5.74, 6) is -0.543. The van der Waals surface area contributed by atoms with Gasteiger partial charge in [-0.05, 0) is 30.7 Å². The van der Waals surface area contributed by atoms with Crippen molar-refractivity contribution in [3.63, 3.8) is 0 Å². The van der Waals surface area contributed by atoms with E-state index < -0.39 is 17.8 Å². The van der Waals surface area contributed by atoms with E-state index in [0.717, 1.165) is 18.6 Å². The normalized spacial score (nSPS) is 11.7. The molecular formula is C16H14F3N5O. The van der Waals surface area contributed by atoms with E-state index >= 15 is 0 Å². The Hall–Kier alpha value is -2.97. The molecule has 0 bridgehead atoms. The van der Waals surface area contributed by atoms with Gasteiger partial charge in [-0.2, -0.15) is 13.2 Å². The van der Waals surface area contributed by atoms with Gasteiger partial charge < -0.3 is 0 Å². The molecular weight excluding hydrogens is 335 g/mol. The van der Waals surface area contributed by atoms with Crippen molar-refractivity contribution in [1.29, 1.82) is 0 Å². The third-order valence-electron chi connectivity index (χ3n) is 3.45. The van der Waals surface area contributed by atoms with Gasteiger partial charge in [0.2, 0.25) is 5.95 Å². The van der Waals surface area contributed by atoms with Gasteiger partial charge in [-0.3, -0.25) is 14.7 Å². The highest BCUT2D eigenvalue weighted by molar-refractivity contribution is 6.02. The molecule has 3 heterocycles. The Kier molecular flexibility index (Phi) is 4.39. The first-order valence-corrected chi connectivity index (χ1v) is 7.57.